The first kappa shape index (κ1) is 20.6. The number of benzene rings is 1. The lowest BCUT2D eigenvalue weighted by Crippen LogP contribution is -2.45. The molecule has 0 bridgehead atoms. The molecule has 5 atom stereocenters. The van der Waals surface area contributed by atoms with Crippen molar-refractivity contribution in [2.75, 3.05) is 6.61 Å². The van der Waals surface area contributed by atoms with Crippen molar-refractivity contribution in [1.29, 1.82) is 0 Å². The third-order valence-electron chi connectivity index (χ3n) is 7.65. The fourth-order valence-corrected chi connectivity index (χ4v) is 6.03. The Morgan fingerprint density at radius 1 is 0.774 bits per heavy atom. The summed E-state index contributed by atoms with van der Waals surface area (Å²) in [7, 11) is 0. The van der Waals surface area contributed by atoms with E-state index < -0.39 is 17.9 Å². The fraction of sp³-hybridized carbons (Fsp3) is 0.760. The number of hydrogen-bond donors (Lipinski definition) is 0. The van der Waals surface area contributed by atoms with Crippen LogP contribution >= 0.6 is 0 Å². The minimum absolute atomic E-state index is 0.154. The Hall–Kier alpha value is -1.02. The fourth-order valence-electron chi connectivity index (χ4n) is 6.03. The zero-order valence-electron chi connectivity index (χ0n) is 18.2. The van der Waals surface area contributed by atoms with E-state index in [1.165, 1.54) is 12.8 Å². The van der Waals surface area contributed by atoms with E-state index in [9.17, 15) is 0 Å². The SMILES string of the molecule is c1ccc(COC2C(C3COC4(CCCCC4)O3)OC3OC4(CCCCC4)OC32)cc1. The zero-order chi connectivity index (χ0) is 20.7. The Morgan fingerprint density at radius 3 is 2.23 bits per heavy atom. The number of fused-ring (bicyclic) bond motifs is 1. The molecule has 2 saturated carbocycles. The van der Waals surface area contributed by atoms with Crippen LogP contribution in [-0.4, -0.2) is 48.9 Å². The molecule has 3 aliphatic heterocycles. The van der Waals surface area contributed by atoms with Crippen molar-refractivity contribution >= 4 is 0 Å². The first-order valence-corrected chi connectivity index (χ1v) is 12.2. The van der Waals surface area contributed by atoms with Crippen LogP contribution in [0.2, 0.25) is 0 Å². The van der Waals surface area contributed by atoms with E-state index >= 15 is 0 Å². The van der Waals surface area contributed by atoms with E-state index in [1.807, 2.05) is 18.2 Å². The van der Waals surface area contributed by atoms with Crippen LogP contribution in [0.15, 0.2) is 30.3 Å². The average molecular weight is 431 g/mol. The summed E-state index contributed by atoms with van der Waals surface area (Å²) in [4.78, 5) is 0. The molecule has 170 valence electrons. The van der Waals surface area contributed by atoms with E-state index in [1.54, 1.807) is 0 Å². The second-order valence-electron chi connectivity index (χ2n) is 9.84. The summed E-state index contributed by atoms with van der Waals surface area (Å²) in [5, 5.41) is 0. The van der Waals surface area contributed by atoms with Crippen molar-refractivity contribution in [3.63, 3.8) is 0 Å². The van der Waals surface area contributed by atoms with Gasteiger partial charge in [-0.2, -0.15) is 0 Å². The van der Waals surface area contributed by atoms with Gasteiger partial charge in [-0.1, -0.05) is 43.2 Å². The first-order chi connectivity index (χ1) is 15.2. The highest BCUT2D eigenvalue weighted by Gasteiger charge is 2.61. The molecule has 3 heterocycles. The van der Waals surface area contributed by atoms with E-state index in [2.05, 4.69) is 12.1 Å². The van der Waals surface area contributed by atoms with Gasteiger partial charge in [0.05, 0.1) is 13.2 Å². The molecule has 31 heavy (non-hydrogen) atoms. The van der Waals surface area contributed by atoms with Gasteiger partial charge in [-0.05, 0) is 31.2 Å². The summed E-state index contributed by atoms with van der Waals surface area (Å²) in [6.45, 7) is 1.06. The molecule has 6 heteroatoms. The van der Waals surface area contributed by atoms with Crippen LogP contribution in [0.4, 0.5) is 0 Å². The van der Waals surface area contributed by atoms with Gasteiger partial charge in [-0.15, -0.1) is 0 Å². The van der Waals surface area contributed by atoms with E-state index in [0.29, 0.717) is 13.2 Å². The van der Waals surface area contributed by atoms with Gasteiger partial charge >= 0.3 is 0 Å². The molecule has 6 rings (SSSR count). The van der Waals surface area contributed by atoms with Gasteiger partial charge in [0, 0.05) is 25.7 Å². The van der Waals surface area contributed by atoms with Crippen LogP contribution in [0, 0.1) is 0 Å². The summed E-state index contributed by atoms with van der Waals surface area (Å²) in [6.07, 6.45) is 9.65. The lowest BCUT2D eigenvalue weighted by molar-refractivity contribution is -0.263. The van der Waals surface area contributed by atoms with E-state index in [4.69, 9.17) is 28.4 Å². The molecule has 2 spiro atoms. The number of hydrogen-bond acceptors (Lipinski definition) is 6. The maximum atomic E-state index is 6.57. The predicted octanol–water partition coefficient (Wildman–Crippen LogP) is 4.45. The summed E-state index contributed by atoms with van der Waals surface area (Å²) in [5.41, 5.74) is 1.14. The largest absolute Gasteiger partial charge is 0.368 e. The monoisotopic (exact) mass is 430 g/mol. The molecule has 5 fully saturated rings. The molecule has 5 aliphatic rings. The maximum absolute atomic E-state index is 6.57. The summed E-state index contributed by atoms with van der Waals surface area (Å²) < 4.78 is 38.6. The van der Waals surface area contributed by atoms with Crippen LogP contribution < -0.4 is 0 Å². The molecule has 3 saturated heterocycles. The quantitative estimate of drug-likeness (QED) is 0.704. The molecule has 6 nitrogen and oxygen atoms in total. The zero-order valence-corrected chi connectivity index (χ0v) is 18.2. The topological polar surface area (TPSA) is 55.4 Å². The van der Waals surface area contributed by atoms with Gasteiger partial charge in [-0.3, -0.25) is 0 Å². The molecule has 0 radical (unpaired) electrons. The Morgan fingerprint density at radius 2 is 1.48 bits per heavy atom. The minimum Gasteiger partial charge on any atom is -0.368 e. The molecule has 0 aromatic heterocycles. The Bertz CT molecular complexity index is 742. The highest BCUT2D eigenvalue weighted by atomic mass is 16.9. The predicted molar refractivity (Wildman–Crippen MR) is 112 cm³/mol. The Kier molecular flexibility index (Phi) is 5.57. The molecular weight excluding hydrogens is 396 g/mol. The summed E-state index contributed by atoms with van der Waals surface area (Å²) >= 11 is 0. The van der Waals surface area contributed by atoms with Crippen molar-refractivity contribution in [1.82, 2.24) is 0 Å². The minimum atomic E-state index is -0.496. The van der Waals surface area contributed by atoms with E-state index in [-0.39, 0.29) is 24.4 Å². The Labute approximate surface area is 184 Å². The standard InChI is InChI=1S/C25H34O6/c1-4-10-18(11-5-1)16-26-21-20(19-17-27-24(29-19)12-6-2-7-13-24)28-23-22(21)30-25(31-23)14-8-3-9-15-25/h1,4-5,10-11,19-23H,2-3,6-9,12-17H2. The second kappa shape index (κ2) is 8.40. The summed E-state index contributed by atoms with van der Waals surface area (Å²) in [5.74, 6) is -0.926. The Balaban J connectivity index is 1.19. The molecule has 1 aromatic carbocycles. The molecule has 0 N–H and O–H groups in total. The average Bonchev–Trinajstić information content (AvgIpc) is 3.46. The molecule has 2 aliphatic carbocycles. The highest BCUT2D eigenvalue weighted by molar-refractivity contribution is 5.14. The summed E-state index contributed by atoms with van der Waals surface area (Å²) in [6, 6.07) is 10.3. The number of rotatable bonds is 4. The lowest BCUT2D eigenvalue weighted by atomic mass is 9.94. The van der Waals surface area contributed by atoms with Crippen LogP contribution in [0.25, 0.3) is 0 Å². The van der Waals surface area contributed by atoms with Gasteiger partial charge in [0.15, 0.2) is 17.9 Å². The van der Waals surface area contributed by atoms with Crippen molar-refractivity contribution in [3.8, 4) is 0 Å². The maximum Gasteiger partial charge on any atom is 0.190 e. The van der Waals surface area contributed by atoms with E-state index in [0.717, 1.165) is 56.9 Å². The lowest BCUT2D eigenvalue weighted by Gasteiger charge is -2.35. The van der Waals surface area contributed by atoms with Gasteiger partial charge in [0.25, 0.3) is 0 Å². The van der Waals surface area contributed by atoms with Crippen LogP contribution in [0.1, 0.15) is 69.8 Å². The number of ether oxygens (including phenoxy) is 6. The van der Waals surface area contributed by atoms with Gasteiger partial charge in [0.2, 0.25) is 0 Å². The smallest absolute Gasteiger partial charge is 0.190 e. The third-order valence-corrected chi connectivity index (χ3v) is 7.65. The first-order valence-electron chi connectivity index (χ1n) is 12.2. The van der Waals surface area contributed by atoms with Crippen molar-refractivity contribution < 1.29 is 28.4 Å². The molecule has 5 unspecified atom stereocenters. The van der Waals surface area contributed by atoms with Crippen LogP contribution in [-0.2, 0) is 35.0 Å². The van der Waals surface area contributed by atoms with Gasteiger partial charge < -0.3 is 28.4 Å². The van der Waals surface area contributed by atoms with Gasteiger partial charge in [-0.25, -0.2) is 0 Å². The molecule has 0 amide bonds. The van der Waals surface area contributed by atoms with Crippen LogP contribution in [0.5, 0.6) is 0 Å². The second-order valence-corrected chi connectivity index (χ2v) is 9.84. The van der Waals surface area contributed by atoms with Gasteiger partial charge in [0.1, 0.15) is 24.4 Å². The third kappa shape index (κ3) is 3.96. The molecular formula is C25H34O6. The van der Waals surface area contributed by atoms with Crippen LogP contribution in [0.3, 0.4) is 0 Å². The van der Waals surface area contributed by atoms with Crippen molar-refractivity contribution in [2.45, 2.75) is 113 Å². The highest BCUT2D eigenvalue weighted by Crippen LogP contribution is 2.48. The normalized spacial score (nSPS) is 38.6. The molecule has 1 aromatic rings. The van der Waals surface area contributed by atoms with Crippen molar-refractivity contribution in [3.05, 3.63) is 35.9 Å². The van der Waals surface area contributed by atoms with Crippen molar-refractivity contribution in [2.24, 2.45) is 0 Å².